The molecular formula is C5H8N2O. The summed E-state index contributed by atoms with van der Waals surface area (Å²) in [5, 5.41) is 2.23. The van der Waals surface area contributed by atoms with E-state index in [9.17, 15) is 4.79 Å². The quantitative estimate of drug-likeness (QED) is 0.498. The van der Waals surface area contributed by atoms with Crippen LogP contribution >= 0.6 is 0 Å². The first kappa shape index (κ1) is 6.75. The molecule has 0 spiro atoms. The molecule has 3 nitrogen and oxygen atoms in total. The van der Waals surface area contributed by atoms with Gasteiger partial charge in [-0.15, -0.1) is 0 Å². The first-order valence-electron chi connectivity index (χ1n) is 2.11. The lowest BCUT2D eigenvalue weighted by molar-refractivity contribution is 0.252. The van der Waals surface area contributed by atoms with Crippen LogP contribution in [-0.4, -0.2) is 6.03 Å². The lowest BCUT2D eigenvalue weighted by Crippen LogP contribution is -2.23. The number of carbonyl (C=O) groups is 1. The van der Waals surface area contributed by atoms with Crippen molar-refractivity contribution in [3.05, 3.63) is 24.9 Å². The zero-order chi connectivity index (χ0) is 6.41. The van der Waals surface area contributed by atoms with Crippen LogP contribution in [0.1, 0.15) is 0 Å². The van der Waals surface area contributed by atoms with Crippen LogP contribution in [0.4, 0.5) is 4.79 Å². The van der Waals surface area contributed by atoms with Crippen molar-refractivity contribution in [3.63, 3.8) is 0 Å². The molecule has 0 saturated carbocycles. The standard InChI is InChI=1S/C5H8N2O/c1-2-3-4-7-5(6)8/h2-4H,1H2,(H3,6,7,8). The van der Waals surface area contributed by atoms with Crippen molar-refractivity contribution in [2.45, 2.75) is 0 Å². The molecule has 0 aromatic carbocycles. The van der Waals surface area contributed by atoms with E-state index >= 15 is 0 Å². The van der Waals surface area contributed by atoms with Gasteiger partial charge in [0.25, 0.3) is 0 Å². The number of hydrogen-bond acceptors (Lipinski definition) is 1. The predicted octanol–water partition coefficient (Wildman–Crippen LogP) is 0.354. The first-order valence-corrected chi connectivity index (χ1v) is 2.11. The Morgan fingerprint density at radius 1 is 1.75 bits per heavy atom. The van der Waals surface area contributed by atoms with Crippen LogP contribution in [0.25, 0.3) is 0 Å². The normalized spacial score (nSPS) is 9.00. The van der Waals surface area contributed by atoms with Gasteiger partial charge in [0.1, 0.15) is 0 Å². The second-order valence-electron chi connectivity index (χ2n) is 1.10. The fraction of sp³-hybridized carbons (Fsp3) is 0. The Morgan fingerprint density at radius 2 is 2.38 bits per heavy atom. The molecule has 2 amide bonds. The summed E-state index contributed by atoms with van der Waals surface area (Å²) in [4.78, 5) is 9.90. The number of allylic oxidation sites excluding steroid dienone is 2. The monoisotopic (exact) mass is 112 g/mol. The average Bonchev–Trinajstić information content (AvgIpc) is 1.66. The molecule has 0 saturated heterocycles. The third kappa shape index (κ3) is 4.75. The molecule has 0 radical (unpaired) electrons. The van der Waals surface area contributed by atoms with Crippen molar-refractivity contribution in [1.82, 2.24) is 5.32 Å². The topological polar surface area (TPSA) is 55.1 Å². The van der Waals surface area contributed by atoms with E-state index in [1.165, 1.54) is 12.3 Å². The number of rotatable bonds is 2. The first-order chi connectivity index (χ1) is 3.77. The molecule has 0 aliphatic heterocycles. The molecule has 0 rings (SSSR count). The van der Waals surface area contributed by atoms with Gasteiger partial charge in [0, 0.05) is 6.20 Å². The molecule has 0 fully saturated rings. The Hall–Kier alpha value is -1.25. The smallest absolute Gasteiger partial charge is 0.316 e. The van der Waals surface area contributed by atoms with Crippen molar-refractivity contribution < 1.29 is 4.79 Å². The van der Waals surface area contributed by atoms with Crippen LogP contribution in [0.2, 0.25) is 0 Å². The number of amides is 2. The zero-order valence-corrected chi connectivity index (χ0v) is 4.42. The van der Waals surface area contributed by atoms with Gasteiger partial charge >= 0.3 is 6.03 Å². The summed E-state index contributed by atoms with van der Waals surface area (Å²) < 4.78 is 0. The van der Waals surface area contributed by atoms with Crippen molar-refractivity contribution in [2.75, 3.05) is 0 Å². The van der Waals surface area contributed by atoms with Gasteiger partial charge in [0.05, 0.1) is 0 Å². The van der Waals surface area contributed by atoms with E-state index in [4.69, 9.17) is 5.73 Å². The van der Waals surface area contributed by atoms with Gasteiger partial charge < -0.3 is 11.1 Å². The molecule has 0 aliphatic rings. The van der Waals surface area contributed by atoms with E-state index in [-0.39, 0.29) is 0 Å². The van der Waals surface area contributed by atoms with Gasteiger partial charge in [-0.3, -0.25) is 0 Å². The average molecular weight is 112 g/mol. The van der Waals surface area contributed by atoms with Crippen LogP contribution in [0.15, 0.2) is 24.9 Å². The van der Waals surface area contributed by atoms with Crippen molar-refractivity contribution >= 4 is 6.03 Å². The summed E-state index contributed by atoms with van der Waals surface area (Å²) >= 11 is 0. The second-order valence-corrected chi connectivity index (χ2v) is 1.10. The number of urea groups is 1. The minimum Gasteiger partial charge on any atom is -0.351 e. The fourth-order valence-electron chi connectivity index (χ4n) is 0.198. The molecule has 0 aromatic rings. The van der Waals surface area contributed by atoms with E-state index in [0.29, 0.717) is 0 Å². The van der Waals surface area contributed by atoms with E-state index in [1.807, 2.05) is 0 Å². The summed E-state index contributed by atoms with van der Waals surface area (Å²) in [6.07, 6.45) is 4.52. The maximum atomic E-state index is 9.90. The maximum Gasteiger partial charge on any atom is 0.316 e. The number of nitrogens with two attached hydrogens (primary N) is 1. The largest absolute Gasteiger partial charge is 0.351 e. The maximum absolute atomic E-state index is 9.90. The number of primary amides is 1. The van der Waals surface area contributed by atoms with Crippen molar-refractivity contribution in [1.29, 1.82) is 0 Å². The van der Waals surface area contributed by atoms with Crippen molar-refractivity contribution in [2.24, 2.45) is 5.73 Å². The summed E-state index contributed by atoms with van der Waals surface area (Å²) in [6.45, 7) is 3.38. The number of carbonyl (C=O) groups excluding carboxylic acids is 1. The van der Waals surface area contributed by atoms with Gasteiger partial charge in [-0.25, -0.2) is 4.79 Å². The summed E-state index contributed by atoms with van der Waals surface area (Å²) in [5.41, 5.74) is 4.70. The fourth-order valence-corrected chi connectivity index (χ4v) is 0.198. The summed E-state index contributed by atoms with van der Waals surface area (Å²) in [7, 11) is 0. The third-order valence-electron chi connectivity index (χ3n) is 0.458. The van der Waals surface area contributed by atoms with Gasteiger partial charge in [-0.05, 0) is 6.08 Å². The Morgan fingerprint density at radius 3 is 2.75 bits per heavy atom. The number of hydrogen-bond donors (Lipinski definition) is 2. The lowest BCUT2D eigenvalue weighted by atomic mass is 10.6. The van der Waals surface area contributed by atoms with Crippen LogP contribution in [0, 0.1) is 0 Å². The highest BCUT2D eigenvalue weighted by Crippen LogP contribution is 1.65. The lowest BCUT2D eigenvalue weighted by Gasteiger charge is -1.85. The highest BCUT2D eigenvalue weighted by Gasteiger charge is 1.78. The minimum atomic E-state index is -0.567. The Bertz CT molecular complexity index is 118. The molecule has 44 valence electrons. The van der Waals surface area contributed by atoms with E-state index in [0.717, 1.165) is 0 Å². The molecule has 3 heteroatoms. The molecule has 0 heterocycles. The highest BCUT2D eigenvalue weighted by molar-refractivity contribution is 5.72. The van der Waals surface area contributed by atoms with Crippen LogP contribution < -0.4 is 11.1 Å². The summed E-state index contributed by atoms with van der Waals surface area (Å²) in [5.74, 6) is 0. The zero-order valence-electron chi connectivity index (χ0n) is 4.42. The Labute approximate surface area is 47.9 Å². The SMILES string of the molecule is C=CC=CNC(N)=O. The van der Waals surface area contributed by atoms with E-state index < -0.39 is 6.03 Å². The molecular weight excluding hydrogens is 104 g/mol. The minimum absolute atomic E-state index is 0.567. The van der Waals surface area contributed by atoms with Crippen LogP contribution in [0.3, 0.4) is 0 Å². The van der Waals surface area contributed by atoms with E-state index in [2.05, 4.69) is 11.9 Å². The van der Waals surface area contributed by atoms with Gasteiger partial charge in [0.2, 0.25) is 0 Å². The molecule has 8 heavy (non-hydrogen) atoms. The molecule has 0 aliphatic carbocycles. The van der Waals surface area contributed by atoms with Crippen LogP contribution in [0.5, 0.6) is 0 Å². The van der Waals surface area contributed by atoms with E-state index in [1.54, 1.807) is 6.08 Å². The highest BCUT2D eigenvalue weighted by atomic mass is 16.2. The van der Waals surface area contributed by atoms with Gasteiger partial charge in [-0.2, -0.15) is 0 Å². The molecule has 3 N–H and O–H groups in total. The van der Waals surface area contributed by atoms with Crippen LogP contribution in [-0.2, 0) is 0 Å². The number of nitrogens with one attached hydrogen (secondary N) is 1. The molecule has 0 unspecified atom stereocenters. The van der Waals surface area contributed by atoms with Gasteiger partial charge in [-0.1, -0.05) is 12.7 Å². The molecule has 0 aromatic heterocycles. The Balaban J connectivity index is 3.29. The van der Waals surface area contributed by atoms with Crippen molar-refractivity contribution in [3.8, 4) is 0 Å². The third-order valence-corrected chi connectivity index (χ3v) is 0.458. The van der Waals surface area contributed by atoms with Gasteiger partial charge in [0.15, 0.2) is 0 Å². The predicted molar refractivity (Wildman–Crippen MR) is 32.1 cm³/mol. The Kier molecular flexibility index (Phi) is 3.31. The second kappa shape index (κ2) is 3.92. The molecule has 0 bridgehead atoms. The summed E-state index contributed by atoms with van der Waals surface area (Å²) in [6, 6.07) is -0.567. The molecule has 0 atom stereocenters.